The second kappa shape index (κ2) is 7.91. The lowest BCUT2D eigenvalue weighted by Gasteiger charge is -2.23. The molecule has 0 spiro atoms. The molecule has 2 rings (SSSR count). The minimum absolute atomic E-state index is 0.421. The summed E-state index contributed by atoms with van der Waals surface area (Å²) >= 11 is 0. The van der Waals surface area contributed by atoms with Crippen molar-refractivity contribution in [3.05, 3.63) is 48.0 Å². The maximum absolute atomic E-state index is 12.7. The molecule has 6 heteroatoms. The minimum Gasteiger partial charge on any atom is -0.497 e. The fourth-order valence-corrected chi connectivity index (χ4v) is 2.29. The Morgan fingerprint density at radius 1 is 0.923 bits per heavy atom. The van der Waals surface area contributed by atoms with E-state index in [0.29, 0.717) is 22.9 Å². The smallest absolute Gasteiger partial charge is 0.239 e. The number of rotatable bonds is 6. The molecule has 2 aromatic rings. The zero-order valence-corrected chi connectivity index (χ0v) is 15.7. The maximum Gasteiger partial charge on any atom is 0.239 e. The lowest BCUT2D eigenvalue weighted by Crippen LogP contribution is -2.41. The van der Waals surface area contributed by atoms with Crippen LogP contribution in [-0.2, 0) is 9.59 Å². The third-order valence-corrected chi connectivity index (χ3v) is 4.07. The number of ether oxygens (including phenoxy) is 2. The highest BCUT2D eigenvalue weighted by atomic mass is 16.5. The molecule has 0 aliphatic heterocycles. The van der Waals surface area contributed by atoms with E-state index in [1.165, 1.54) is 7.11 Å². The van der Waals surface area contributed by atoms with E-state index in [9.17, 15) is 9.59 Å². The first kappa shape index (κ1) is 19.3. The number of anilines is 2. The molecule has 0 radical (unpaired) electrons. The number of aryl methyl sites for hydroxylation is 1. The molecule has 26 heavy (non-hydrogen) atoms. The first-order valence-electron chi connectivity index (χ1n) is 8.19. The van der Waals surface area contributed by atoms with Crippen LogP contribution in [0.1, 0.15) is 19.4 Å². The Kier molecular flexibility index (Phi) is 5.87. The topological polar surface area (TPSA) is 76.7 Å². The predicted molar refractivity (Wildman–Crippen MR) is 102 cm³/mol. The molecular formula is C20H24N2O4. The Hall–Kier alpha value is -3.02. The largest absolute Gasteiger partial charge is 0.497 e. The summed E-state index contributed by atoms with van der Waals surface area (Å²) in [6, 6.07) is 12.4. The SMILES string of the molecule is COc1cccc(NC(=O)C(C)(C)C(=O)Nc2cc(C)ccc2OC)c1. The van der Waals surface area contributed by atoms with E-state index < -0.39 is 17.2 Å². The van der Waals surface area contributed by atoms with Crippen molar-refractivity contribution in [2.45, 2.75) is 20.8 Å². The van der Waals surface area contributed by atoms with Gasteiger partial charge in [0.25, 0.3) is 0 Å². The van der Waals surface area contributed by atoms with Crippen molar-refractivity contribution in [1.29, 1.82) is 0 Å². The Morgan fingerprint density at radius 2 is 1.62 bits per heavy atom. The summed E-state index contributed by atoms with van der Waals surface area (Å²) < 4.78 is 10.4. The second-order valence-corrected chi connectivity index (χ2v) is 6.47. The summed E-state index contributed by atoms with van der Waals surface area (Å²) in [7, 11) is 3.08. The van der Waals surface area contributed by atoms with E-state index >= 15 is 0 Å². The summed E-state index contributed by atoms with van der Waals surface area (Å²) in [6.45, 7) is 5.05. The van der Waals surface area contributed by atoms with Crippen molar-refractivity contribution in [3.63, 3.8) is 0 Å². The van der Waals surface area contributed by atoms with Gasteiger partial charge in [-0.2, -0.15) is 0 Å². The average molecular weight is 356 g/mol. The Balaban J connectivity index is 2.16. The highest BCUT2D eigenvalue weighted by molar-refractivity contribution is 6.14. The first-order valence-corrected chi connectivity index (χ1v) is 8.19. The number of methoxy groups -OCH3 is 2. The van der Waals surface area contributed by atoms with Gasteiger partial charge in [-0.3, -0.25) is 9.59 Å². The molecule has 2 N–H and O–H groups in total. The van der Waals surface area contributed by atoms with Gasteiger partial charge in [0.1, 0.15) is 16.9 Å². The minimum atomic E-state index is -1.29. The molecular weight excluding hydrogens is 332 g/mol. The van der Waals surface area contributed by atoms with Crippen molar-refractivity contribution in [2.75, 3.05) is 24.9 Å². The summed E-state index contributed by atoms with van der Waals surface area (Å²) in [5.41, 5.74) is 0.764. The van der Waals surface area contributed by atoms with Crippen molar-refractivity contribution in [2.24, 2.45) is 5.41 Å². The molecule has 0 saturated carbocycles. The molecule has 0 fully saturated rings. The van der Waals surface area contributed by atoms with Gasteiger partial charge in [-0.25, -0.2) is 0 Å². The fourth-order valence-electron chi connectivity index (χ4n) is 2.29. The molecule has 0 aromatic heterocycles. The lowest BCUT2D eigenvalue weighted by atomic mass is 9.90. The van der Waals surface area contributed by atoms with Crippen LogP contribution >= 0.6 is 0 Å². The van der Waals surface area contributed by atoms with Crippen molar-refractivity contribution >= 4 is 23.2 Å². The molecule has 6 nitrogen and oxygen atoms in total. The van der Waals surface area contributed by atoms with Crippen LogP contribution in [0.5, 0.6) is 11.5 Å². The number of amides is 2. The predicted octanol–water partition coefficient (Wildman–Crippen LogP) is 3.62. The average Bonchev–Trinajstić information content (AvgIpc) is 2.62. The number of nitrogens with one attached hydrogen (secondary N) is 2. The summed E-state index contributed by atoms with van der Waals surface area (Å²) in [5, 5.41) is 5.53. The van der Waals surface area contributed by atoms with Crippen LogP contribution in [0.15, 0.2) is 42.5 Å². The molecule has 0 unspecified atom stereocenters. The zero-order valence-electron chi connectivity index (χ0n) is 15.7. The van der Waals surface area contributed by atoms with E-state index in [1.807, 2.05) is 13.0 Å². The standard InChI is InChI=1S/C20H24N2O4/c1-13-9-10-17(26-5)16(11-13)22-19(24)20(2,3)18(23)21-14-7-6-8-15(12-14)25-4/h6-12H,1-5H3,(H,21,23)(H,22,24). The van der Waals surface area contributed by atoms with Crippen molar-refractivity contribution in [1.82, 2.24) is 0 Å². The number of carbonyl (C=O) groups is 2. The summed E-state index contributed by atoms with van der Waals surface area (Å²) in [4.78, 5) is 25.4. The van der Waals surface area contributed by atoms with Gasteiger partial charge in [-0.15, -0.1) is 0 Å². The molecule has 0 bridgehead atoms. The van der Waals surface area contributed by atoms with E-state index in [1.54, 1.807) is 57.4 Å². The van der Waals surface area contributed by atoms with Crippen LogP contribution in [0.3, 0.4) is 0 Å². The highest BCUT2D eigenvalue weighted by Crippen LogP contribution is 2.28. The van der Waals surface area contributed by atoms with Crippen LogP contribution in [0.4, 0.5) is 11.4 Å². The Labute approximate surface area is 153 Å². The Morgan fingerprint density at radius 3 is 2.27 bits per heavy atom. The monoisotopic (exact) mass is 356 g/mol. The lowest BCUT2D eigenvalue weighted by molar-refractivity contribution is -0.135. The molecule has 0 atom stereocenters. The van der Waals surface area contributed by atoms with E-state index in [4.69, 9.17) is 9.47 Å². The molecule has 0 heterocycles. The summed E-state index contributed by atoms with van der Waals surface area (Å²) in [6.07, 6.45) is 0. The molecule has 2 amide bonds. The van der Waals surface area contributed by atoms with E-state index in [2.05, 4.69) is 10.6 Å². The van der Waals surface area contributed by atoms with Crippen molar-refractivity contribution in [3.8, 4) is 11.5 Å². The van der Waals surface area contributed by atoms with Crippen LogP contribution in [0.2, 0.25) is 0 Å². The first-order chi connectivity index (χ1) is 12.3. The highest BCUT2D eigenvalue weighted by Gasteiger charge is 2.36. The van der Waals surface area contributed by atoms with Gasteiger partial charge in [-0.1, -0.05) is 12.1 Å². The van der Waals surface area contributed by atoms with Crippen LogP contribution in [0.25, 0.3) is 0 Å². The fraction of sp³-hybridized carbons (Fsp3) is 0.300. The van der Waals surface area contributed by atoms with Crippen LogP contribution < -0.4 is 20.1 Å². The van der Waals surface area contributed by atoms with Gasteiger partial charge in [0.15, 0.2) is 0 Å². The summed E-state index contributed by atoms with van der Waals surface area (Å²) in [5.74, 6) is 0.305. The molecule has 2 aromatic carbocycles. The van der Waals surface area contributed by atoms with Crippen LogP contribution in [-0.4, -0.2) is 26.0 Å². The van der Waals surface area contributed by atoms with Gasteiger partial charge < -0.3 is 20.1 Å². The van der Waals surface area contributed by atoms with Crippen molar-refractivity contribution < 1.29 is 19.1 Å². The van der Waals surface area contributed by atoms with Gasteiger partial charge in [0.05, 0.1) is 19.9 Å². The second-order valence-electron chi connectivity index (χ2n) is 6.47. The number of carbonyl (C=O) groups excluding carboxylic acids is 2. The van der Waals surface area contributed by atoms with E-state index in [-0.39, 0.29) is 0 Å². The molecule has 138 valence electrons. The number of hydrogen-bond acceptors (Lipinski definition) is 4. The number of hydrogen-bond donors (Lipinski definition) is 2. The van der Waals surface area contributed by atoms with Gasteiger partial charge >= 0.3 is 0 Å². The molecule has 0 aliphatic carbocycles. The normalized spacial score (nSPS) is 10.8. The van der Waals surface area contributed by atoms with Gasteiger partial charge in [-0.05, 0) is 50.6 Å². The van der Waals surface area contributed by atoms with Crippen LogP contribution in [0, 0.1) is 12.3 Å². The quantitative estimate of drug-likeness (QED) is 0.775. The zero-order chi connectivity index (χ0) is 19.3. The molecule has 0 aliphatic rings. The maximum atomic E-state index is 12.7. The third-order valence-electron chi connectivity index (χ3n) is 4.07. The molecule has 0 saturated heterocycles. The number of benzene rings is 2. The van der Waals surface area contributed by atoms with E-state index in [0.717, 1.165) is 5.56 Å². The van der Waals surface area contributed by atoms with Gasteiger partial charge in [0, 0.05) is 11.8 Å². The Bertz CT molecular complexity index is 815. The third kappa shape index (κ3) is 4.33. The van der Waals surface area contributed by atoms with Gasteiger partial charge in [0.2, 0.25) is 11.8 Å².